The molecular formula is C53H100O4. The van der Waals surface area contributed by atoms with Crippen molar-refractivity contribution in [2.45, 2.75) is 277 Å². The van der Waals surface area contributed by atoms with Gasteiger partial charge in [-0.25, -0.2) is 0 Å². The van der Waals surface area contributed by atoms with Crippen LogP contribution in [0.1, 0.15) is 271 Å². The maximum Gasteiger partial charge on any atom is 0.306 e. The summed E-state index contributed by atoms with van der Waals surface area (Å²) in [5, 5.41) is 9.65. The quantitative estimate of drug-likeness (QED) is 0.0378. The molecule has 0 amide bonds. The Morgan fingerprint density at radius 3 is 1.11 bits per heavy atom. The van der Waals surface area contributed by atoms with Crippen molar-refractivity contribution in [1.82, 2.24) is 0 Å². The van der Waals surface area contributed by atoms with Crippen LogP contribution >= 0.6 is 0 Å². The zero-order chi connectivity index (χ0) is 41.2. The smallest absolute Gasteiger partial charge is 0.306 e. The van der Waals surface area contributed by atoms with Gasteiger partial charge in [0.15, 0.2) is 0 Å². The van der Waals surface area contributed by atoms with Gasteiger partial charge in [-0.3, -0.25) is 4.79 Å². The van der Waals surface area contributed by atoms with Crippen molar-refractivity contribution in [3.05, 3.63) is 36.5 Å². The summed E-state index contributed by atoms with van der Waals surface area (Å²) in [6, 6.07) is 0. The summed E-state index contributed by atoms with van der Waals surface area (Å²) in [5.74, 6) is -0.198. The molecule has 0 saturated carbocycles. The van der Waals surface area contributed by atoms with Gasteiger partial charge in [-0.15, -0.1) is 0 Å². The van der Waals surface area contributed by atoms with E-state index >= 15 is 0 Å². The predicted octanol–water partition coefficient (Wildman–Crippen LogP) is 17.2. The molecule has 4 heteroatoms. The Morgan fingerprint density at radius 1 is 0.421 bits per heavy atom. The fourth-order valence-electron chi connectivity index (χ4n) is 7.59. The molecule has 0 aromatic heterocycles. The second-order valence-corrected chi connectivity index (χ2v) is 17.2. The average Bonchev–Trinajstić information content (AvgIpc) is 3.22. The maximum atomic E-state index is 12.3. The van der Waals surface area contributed by atoms with Gasteiger partial charge in [0, 0.05) is 13.0 Å². The van der Waals surface area contributed by atoms with E-state index in [1.54, 1.807) is 0 Å². The first-order valence-electron chi connectivity index (χ1n) is 25.6. The Balaban J connectivity index is 3.38. The number of rotatable bonds is 48. The number of hydrogen-bond acceptors (Lipinski definition) is 4. The highest BCUT2D eigenvalue weighted by Crippen LogP contribution is 2.15. The highest BCUT2D eigenvalue weighted by molar-refractivity contribution is 5.69. The minimum atomic E-state index is -0.534. The molecule has 0 fully saturated rings. The van der Waals surface area contributed by atoms with Crippen molar-refractivity contribution in [2.24, 2.45) is 0 Å². The number of allylic oxidation sites excluding steroid dienone is 6. The molecule has 57 heavy (non-hydrogen) atoms. The van der Waals surface area contributed by atoms with Crippen LogP contribution in [0.15, 0.2) is 36.5 Å². The van der Waals surface area contributed by atoms with Crippen LogP contribution in [0.4, 0.5) is 0 Å². The molecule has 0 spiro atoms. The molecular weight excluding hydrogens is 701 g/mol. The molecule has 0 aliphatic heterocycles. The van der Waals surface area contributed by atoms with E-state index in [0.29, 0.717) is 19.6 Å². The van der Waals surface area contributed by atoms with Gasteiger partial charge in [-0.2, -0.15) is 0 Å². The third-order valence-corrected chi connectivity index (χ3v) is 11.4. The maximum absolute atomic E-state index is 12.3. The summed E-state index contributed by atoms with van der Waals surface area (Å²) < 4.78 is 11.2. The van der Waals surface area contributed by atoms with Gasteiger partial charge in [0.1, 0.15) is 6.10 Å². The topological polar surface area (TPSA) is 55.8 Å². The molecule has 0 heterocycles. The first-order valence-corrected chi connectivity index (χ1v) is 25.6. The lowest BCUT2D eigenvalue weighted by Gasteiger charge is -2.16. The van der Waals surface area contributed by atoms with Crippen LogP contribution in [0.3, 0.4) is 0 Å². The van der Waals surface area contributed by atoms with Crippen LogP contribution in [0, 0.1) is 0 Å². The van der Waals surface area contributed by atoms with Crippen LogP contribution in [0.2, 0.25) is 0 Å². The zero-order valence-electron chi connectivity index (χ0n) is 38.6. The number of hydrogen-bond donors (Lipinski definition) is 1. The van der Waals surface area contributed by atoms with Crippen LogP contribution in [0.25, 0.3) is 0 Å². The van der Waals surface area contributed by atoms with Crippen molar-refractivity contribution < 1.29 is 19.4 Å². The molecule has 0 saturated heterocycles. The predicted molar refractivity (Wildman–Crippen MR) is 251 cm³/mol. The normalized spacial score (nSPS) is 12.5. The molecule has 0 rings (SSSR count). The van der Waals surface area contributed by atoms with Crippen LogP contribution in [-0.4, -0.2) is 37.0 Å². The van der Waals surface area contributed by atoms with E-state index in [4.69, 9.17) is 9.47 Å². The van der Waals surface area contributed by atoms with E-state index < -0.39 is 6.10 Å². The molecule has 0 bridgehead atoms. The molecule has 0 aliphatic carbocycles. The second-order valence-electron chi connectivity index (χ2n) is 17.2. The Bertz CT molecular complexity index is 848. The molecule has 1 N–H and O–H groups in total. The summed E-state index contributed by atoms with van der Waals surface area (Å²) in [7, 11) is 0. The molecule has 0 aliphatic rings. The molecule has 4 nitrogen and oxygen atoms in total. The Hall–Kier alpha value is -1.39. The number of unbranched alkanes of at least 4 members (excludes halogenated alkanes) is 34. The molecule has 1 unspecified atom stereocenters. The first-order chi connectivity index (χ1) is 28.2. The Morgan fingerprint density at radius 2 is 0.737 bits per heavy atom. The van der Waals surface area contributed by atoms with E-state index in [0.717, 1.165) is 25.7 Å². The first kappa shape index (κ1) is 55.6. The largest absolute Gasteiger partial charge is 0.457 e. The number of aliphatic hydroxyl groups excluding tert-OH is 1. The van der Waals surface area contributed by atoms with Gasteiger partial charge in [-0.05, 0) is 70.6 Å². The van der Waals surface area contributed by atoms with Crippen molar-refractivity contribution in [1.29, 1.82) is 0 Å². The highest BCUT2D eigenvalue weighted by Gasteiger charge is 2.13. The monoisotopic (exact) mass is 801 g/mol. The van der Waals surface area contributed by atoms with E-state index in [2.05, 4.69) is 50.3 Å². The summed E-state index contributed by atoms with van der Waals surface area (Å²) in [5.41, 5.74) is 0. The van der Waals surface area contributed by atoms with Crippen molar-refractivity contribution in [2.75, 3.05) is 19.8 Å². The standard InChI is InChI=1S/C53H100O4/c1-3-5-7-9-11-13-15-17-19-21-23-25-26-27-28-29-30-32-34-36-38-40-42-44-46-48-53(55)57-52(50-54)51-56-49-47-45-43-41-39-37-35-33-31-24-22-20-18-16-14-12-10-8-6-4-2/h15,17-18,20-21,23,52,54H,3-14,16,19,22,24-51H2,1-2H3/b17-15-,20-18-,23-21-. The van der Waals surface area contributed by atoms with Gasteiger partial charge in [0.05, 0.1) is 13.2 Å². The average molecular weight is 801 g/mol. The second kappa shape index (κ2) is 50.8. The SMILES string of the molecule is CCCCCCC/C=C\C/C=C\CCCCCCCCCCCCCCCC(=O)OC(CO)COCCCCCCCCCCCC/C=C\CCCCCCCC. The lowest BCUT2D eigenvalue weighted by atomic mass is 10.0. The number of esters is 1. The van der Waals surface area contributed by atoms with Crippen molar-refractivity contribution in [3.63, 3.8) is 0 Å². The molecule has 0 radical (unpaired) electrons. The van der Waals surface area contributed by atoms with Crippen LogP contribution in [0.5, 0.6) is 0 Å². The van der Waals surface area contributed by atoms with Gasteiger partial charge >= 0.3 is 5.97 Å². The lowest BCUT2D eigenvalue weighted by molar-refractivity contribution is -0.154. The minimum absolute atomic E-state index is 0.170. The summed E-state index contributed by atoms with van der Waals surface area (Å²) in [6.45, 7) is 5.37. The molecule has 0 aromatic rings. The van der Waals surface area contributed by atoms with E-state index in [1.165, 1.54) is 225 Å². The van der Waals surface area contributed by atoms with Gasteiger partial charge < -0.3 is 14.6 Å². The third kappa shape index (κ3) is 48.9. The molecule has 0 aromatic carbocycles. The minimum Gasteiger partial charge on any atom is -0.457 e. The third-order valence-electron chi connectivity index (χ3n) is 11.4. The number of aliphatic hydroxyl groups is 1. The molecule has 336 valence electrons. The fourth-order valence-corrected chi connectivity index (χ4v) is 7.59. The van der Waals surface area contributed by atoms with E-state index in [1.807, 2.05) is 0 Å². The van der Waals surface area contributed by atoms with Crippen molar-refractivity contribution >= 4 is 5.97 Å². The number of ether oxygens (including phenoxy) is 2. The fraction of sp³-hybridized carbons (Fsp3) is 0.868. The summed E-state index contributed by atoms with van der Waals surface area (Å²) >= 11 is 0. The van der Waals surface area contributed by atoms with Crippen LogP contribution < -0.4 is 0 Å². The Labute approximate surface area is 357 Å². The van der Waals surface area contributed by atoms with Gasteiger partial charge in [0.2, 0.25) is 0 Å². The highest BCUT2D eigenvalue weighted by atomic mass is 16.6. The Kier molecular flexibility index (Phi) is 49.5. The van der Waals surface area contributed by atoms with E-state index in [9.17, 15) is 9.90 Å². The molecule has 1 atom stereocenters. The summed E-state index contributed by atoms with van der Waals surface area (Å²) in [6.07, 6.45) is 65.2. The van der Waals surface area contributed by atoms with Crippen LogP contribution in [-0.2, 0) is 14.3 Å². The number of carbonyl (C=O) groups excluding carboxylic acids is 1. The van der Waals surface area contributed by atoms with Gasteiger partial charge in [0.25, 0.3) is 0 Å². The number of carbonyl (C=O) groups is 1. The van der Waals surface area contributed by atoms with Gasteiger partial charge in [-0.1, -0.05) is 230 Å². The summed E-state index contributed by atoms with van der Waals surface area (Å²) in [4.78, 5) is 12.3. The van der Waals surface area contributed by atoms with Crippen molar-refractivity contribution in [3.8, 4) is 0 Å². The zero-order valence-corrected chi connectivity index (χ0v) is 38.6. The lowest BCUT2D eigenvalue weighted by Crippen LogP contribution is -2.27. The van der Waals surface area contributed by atoms with E-state index in [-0.39, 0.29) is 12.6 Å².